The molecule has 2 aromatic rings. The fraction of sp³-hybridized carbons (Fsp3) is 0.133. The highest BCUT2D eigenvalue weighted by molar-refractivity contribution is 9.10. The molecule has 4 nitrogen and oxygen atoms in total. The molecular formula is C15H16BrN3O. The summed E-state index contributed by atoms with van der Waals surface area (Å²) in [6, 6.07) is 12.7. The van der Waals surface area contributed by atoms with E-state index in [4.69, 9.17) is 5.73 Å². The molecule has 2 rings (SSSR count). The number of nitrogen functional groups attached to an aromatic ring is 1. The third-order valence-electron chi connectivity index (χ3n) is 2.89. The number of benzene rings is 2. The SMILES string of the molecule is CN(C)c1ccc(C(=O)Nc2ccc(N)cc2Br)cc1. The van der Waals surface area contributed by atoms with Gasteiger partial charge in [-0.1, -0.05) is 0 Å². The Kier molecular flexibility index (Phi) is 4.29. The van der Waals surface area contributed by atoms with Gasteiger partial charge in [0.05, 0.1) is 5.69 Å². The monoisotopic (exact) mass is 333 g/mol. The Morgan fingerprint density at radius 2 is 1.80 bits per heavy atom. The largest absolute Gasteiger partial charge is 0.399 e. The second kappa shape index (κ2) is 5.96. The number of anilines is 3. The molecule has 3 N–H and O–H groups in total. The Labute approximate surface area is 126 Å². The zero-order valence-electron chi connectivity index (χ0n) is 11.4. The van der Waals surface area contributed by atoms with E-state index < -0.39 is 0 Å². The predicted molar refractivity (Wildman–Crippen MR) is 87.3 cm³/mol. The first-order chi connectivity index (χ1) is 9.47. The average Bonchev–Trinajstić information content (AvgIpc) is 2.42. The maximum atomic E-state index is 12.2. The molecule has 2 aromatic carbocycles. The number of carbonyl (C=O) groups excluding carboxylic acids is 1. The van der Waals surface area contributed by atoms with Crippen LogP contribution in [0, 0.1) is 0 Å². The lowest BCUT2D eigenvalue weighted by Gasteiger charge is -2.13. The zero-order chi connectivity index (χ0) is 14.7. The van der Waals surface area contributed by atoms with E-state index >= 15 is 0 Å². The normalized spacial score (nSPS) is 10.2. The summed E-state index contributed by atoms with van der Waals surface area (Å²) in [6.07, 6.45) is 0. The molecule has 0 saturated heterocycles. The van der Waals surface area contributed by atoms with Gasteiger partial charge in [-0.25, -0.2) is 0 Å². The van der Waals surface area contributed by atoms with E-state index in [9.17, 15) is 4.79 Å². The minimum absolute atomic E-state index is 0.152. The summed E-state index contributed by atoms with van der Waals surface area (Å²) in [5.41, 5.74) is 8.67. The van der Waals surface area contributed by atoms with E-state index in [0.29, 0.717) is 16.9 Å². The highest BCUT2D eigenvalue weighted by Crippen LogP contribution is 2.25. The van der Waals surface area contributed by atoms with Gasteiger partial charge in [0, 0.05) is 35.5 Å². The van der Waals surface area contributed by atoms with Gasteiger partial charge >= 0.3 is 0 Å². The lowest BCUT2D eigenvalue weighted by Crippen LogP contribution is -2.13. The van der Waals surface area contributed by atoms with Crippen LogP contribution < -0.4 is 16.0 Å². The van der Waals surface area contributed by atoms with Crippen LogP contribution in [0.1, 0.15) is 10.4 Å². The van der Waals surface area contributed by atoms with E-state index in [1.807, 2.05) is 31.1 Å². The molecule has 20 heavy (non-hydrogen) atoms. The highest BCUT2D eigenvalue weighted by Gasteiger charge is 2.08. The number of hydrogen-bond acceptors (Lipinski definition) is 3. The number of nitrogens with zero attached hydrogens (tertiary/aromatic N) is 1. The van der Waals surface area contributed by atoms with Crippen molar-refractivity contribution in [3.63, 3.8) is 0 Å². The quantitative estimate of drug-likeness (QED) is 0.847. The molecule has 0 spiro atoms. The lowest BCUT2D eigenvalue weighted by molar-refractivity contribution is 0.102. The fourth-order valence-electron chi connectivity index (χ4n) is 1.74. The molecule has 0 saturated carbocycles. The van der Waals surface area contributed by atoms with Crippen molar-refractivity contribution in [3.8, 4) is 0 Å². The summed E-state index contributed by atoms with van der Waals surface area (Å²) in [5, 5.41) is 2.85. The van der Waals surface area contributed by atoms with Gasteiger partial charge in [0.2, 0.25) is 0 Å². The van der Waals surface area contributed by atoms with Crippen LogP contribution in [-0.4, -0.2) is 20.0 Å². The minimum Gasteiger partial charge on any atom is -0.399 e. The standard InChI is InChI=1S/C15H16BrN3O/c1-19(2)12-6-3-10(4-7-12)15(20)18-14-8-5-11(17)9-13(14)16/h3-9H,17H2,1-2H3,(H,18,20). The number of amides is 1. The fourth-order valence-corrected chi connectivity index (χ4v) is 2.23. The maximum Gasteiger partial charge on any atom is 0.255 e. The van der Waals surface area contributed by atoms with Crippen molar-refractivity contribution in [2.45, 2.75) is 0 Å². The zero-order valence-corrected chi connectivity index (χ0v) is 12.9. The molecule has 0 unspecified atom stereocenters. The van der Waals surface area contributed by atoms with Gasteiger partial charge in [-0.3, -0.25) is 4.79 Å². The number of nitrogens with two attached hydrogens (primary N) is 1. The third kappa shape index (κ3) is 3.30. The highest BCUT2D eigenvalue weighted by atomic mass is 79.9. The molecule has 0 aliphatic heterocycles. The van der Waals surface area contributed by atoms with Crippen LogP contribution in [0.4, 0.5) is 17.1 Å². The summed E-state index contributed by atoms with van der Waals surface area (Å²) in [5.74, 6) is -0.152. The molecular weight excluding hydrogens is 318 g/mol. The van der Waals surface area contributed by atoms with E-state index in [1.165, 1.54) is 0 Å². The van der Waals surface area contributed by atoms with Crippen LogP contribution in [0.25, 0.3) is 0 Å². The van der Waals surface area contributed by atoms with Gasteiger partial charge in [-0.05, 0) is 58.4 Å². The number of carbonyl (C=O) groups is 1. The number of halogens is 1. The molecule has 1 amide bonds. The van der Waals surface area contributed by atoms with Crippen LogP contribution in [0.2, 0.25) is 0 Å². The molecule has 0 radical (unpaired) electrons. The van der Waals surface area contributed by atoms with Crippen LogP contribution in [-0.2, 0) is 0 Å². The Hall–Kier alpha value is -2.01. The van der Waals surface area contributed by atoms with E-state index in [1.54, 1.807) is 30.3 Å². The van der Waals surface area contributed by atoms with E-state index in [0.717, 1.165) is 10.2 Å². The van der Waals surface area contributed by atoms with Crippen molar-refractivity contribution in [3.05, 3.63) is 52.5 Å². The first-order valence-electron chi connectivity index (χ1n) is 6.11. The molecule has 0 fully saturated rings. The van der Waals surface area contributed by atoms with E-state index in [2.05, 4.69) is 21.2 Å². The molecule has 0 bridgehead atoms. The summed E-state index contributed by atoms with van der Waals surface area (Å²) >= 11 is 3.38. The number of nitrogens with one attached hydrogen (secondary N) is 1. The van der Waals surface area contributed by atoms with Gasteiger partial charge in [0.15, 0.2) is 0 Å². The Balaban J connectivity index is 2.15. The van der Waals surface area contributed by atoms with Crippen molar-refractivity contribution in [2.75, 3.05) is 30.0 Å². The maximum absolute atomic E-state index is 12.2. The summed E-state index contributed by atoms with van der Waals surface area (Å²) in [4.78, 5) is 14.1. The number of rotatable bonds is 3. The summed E-state index contributed by atoms with van der Waals surface area (Å²) in [6.45, 7) is 0. The minimum atomic E-state index is -0.152. The van der Waals surface area contributed by atoms with Crippen LogP contribution in [0.3, 0.4) is 0 Å². The van der Waals surface area contributed by atoms with E-state index in [-0.39, 0.29) is 5.91 Å². The Bertz CT molecular complexity index is 624. The Morgan fingerprint density at radius 1 is 1.15 bits per heavy atom. The lowest BCUT2D eigenvalue weighted by atomic mass is 10.2. The van der Waals surface area contributed by atoms with Gasteiger partial charge in [0.1, 0.15) is 0 Å². The average molecular weight is 334 g/mol. The smallest absolute Gasteiger partial charge is 0.255 e. The van der Waals surface area contributed by atoms with Crippen LogP contribution >= 0.6 is 15.9 Å². The summed E-state index contributed by atoms with van der Waals surface area (Å²) < 4.78 is 0.760. The van der Waals surface area contributed by atoms with Gasteiger partial charge < -0.3 is 16.0 Å². The van der Waals surface area contributed by atoms with Crippen LogP contribution in [0.15, 0.2) is 46.9 Å². The first kappa shape index (κ1) is 14.4. The molecule has 0 aliphatic rings. The molecule has 5 heteroatoms. The second-order valence-corrected chi connectivity index (χ2v) is 5.49. The topological polar surface area (TPSA) is 58.4 Å². The number of hydrogen-bond donors (Lipinski definition) is 2. The van der Waals surface area contributed by atoms with Gasteiger partial charge in [-0.2, -0.15) is 0 Å². The van der Waals surface area contributed by atoms with Crippen molar-refractivity contribution >= 4 is 38.9 Å². The van der Waals surface area contributed by atoms with Crippen molar-refractivity contribution in [1.29, 1.82) is 0 Å². The third-order valence-corrected chi connectivity index (χ3v) is 3.54. The van der Waals surface area contributed by atoms with Gasteiger partial charge in [-0.15, -0.1) is 0 Å². The summed E-state index contributed by atoms with van der Waals surface area (Å²) in [7, 11) is 3.92. The second-order valence-electron chi connectivity index (χ2n) is 4.63. The molecule has 0 atom stereocenters. The van der Waals surface area contributed by atoms with Gasteiger partial charge in [0.25, 0.3) is 5.91 Å². The molecule has 0 aromatic heterocycles. The molecule has 104 valence electrons. The van der Waals surface area contributed by atoms with Crippen molar-refractivity contribution in [2.24, 2.45) is 0 Å². The van der Waals surface area contributed by atoms with Crippen LogP contribution in [0.5, 0.6) is 0 Å². The first-order valence-corrected chi connectivity index (χ1v) is 6.90. The van der Waals surface area contributed by atoms with Crippen molar-refractivity contribution in [1.82, 2.24) is 0 Å². The molecule has 0 aliphatic carbocycles. The van der Waals surface area contributed by atoms with Crippen molar-refractivity contribution < 1.29 is 4.79 Å². The molecule has 0 heterocycles. The Morgan fingerprint density at radius 3 is 2.35 bits per heavy atom. The predicted octanol–water partition coefficient (Wildman–Crippen LogP) is 3.35.